The minimum atomic E-state index is -4.21. The van der Waals surface area contributed by atoms with Crippen molar-refractivity contribution < 1.29 is 25.6 Å². The van der Waals surface area contributed by atoms with Crippen LogP contribution in [0.2, 0.25) is 0 Å². The summed E-state index contributed by atoms with van der Waals surface area (Å²) >= 11 is 0. The SMILES string of the molecule is O=S(=O)(Nc1ccc(S(=O)(=O)NC2CC2)cc1)c1cc(F)cc(F)c1. The number of hydrogen-bond acceptors (Lipinski definition) is 4. The van der Waals surface area contributed by atoms with Crippen LogP contribution < -0.4 is 9.44 Å². The first-order valence-electron chi connectivity index (χ1n) is 7.27. The van der Waals surface area contributed by atoms with Crippen LogP contribution in [0.15, 0.2) is 52.3 Å². The topological polar surface area (TPSA) is 92.3 Å². The molecule has 0 unspecified atom stereocenters. The first kappa shape index (κ1) is 17.8. The molecule has 25 heavy (non-hydrogen) atoms. The first-order chi connectivity index (χ1) is 11.7. The molecule has 0 aromatic heterocycles. The average Bonchev–Trinajstić information content (AvgIpc) is 3.29. The van der Waals surface area contributed by atoms with Crippen molar-refractivity contribution in [1.29, 1.82) is 0 Å². The van der Waals surface area contributed by atoms with Crippen molar-refractivity contribution in [2.24, 2.45) is 0 Å². The monoisotopic (exact) mass is 388 g/mol. The maximum absolute atomic E-state index is 13.2. The molecule has 1 saturated carbocycles. The van der Waals surface area contributed by atoms with Crippen molar-refractivity contribution in [1.82, 2.24) is 4.72 Å². The van der Waals surface area contributed by atoms with Gasteiger partial charge in [0.05, 0.1) is 9.79 Å². The van der Waals surface area contributed by atoms with Gasteiger partial charge in [0.15, 0.2) is 0 Å². The van der Waals surface area contributed by atoms with Gasteiger partial charge in [-0.05, 0) is 49.2 Å². The van der Waals surface area contributed by atoms with Gasteiger partial charge in [-0.1, -0.05) is 0 Å². The number of anilines is 1. The maximum atomic E-state index is 13.2. The summed E-state index contributed by atoms with van der Waals surface area (Å²) in [5, 5.41) is 0. The van der Waals surface area contributed by atoms with Crippen LogP contribution in [0.3, 0.4) is 0 Å². The zero-order valence-electron chi connectivity index (χ0n) is 12.7. The molecule has 0 amide bonds. The molecule has 3 rings (SSSR count). The lowest BCUT2D eigenvalue weighted by Gasteiger charge is -2.10. The Labute approximate surface area is 144 Å². The molecule has 0 bridgehead atoms. The van der Waals surface area contributed by atoms with E-state index >= 15 is 0 Å². The van der Waals surface area contributed by atoms with Crippen LogP contribution in [0, 0.1) is 11.6 Å². The molecule has 6 nitrogen and oxygen atoms in total. The third-order valence-electron chi connectivity index (χ3n) is 3.46. The van der Waals surface area contributed by atoms with E-state index in [1.807, 2.05) is 0 Å². The molecule has 1 aliphatic carbocycles. The molecule has 0 atom stereocenters. The molecule has 134 valence electrons. The van der Waals surface area contributed by atoms with Gasteiger partial charge in [0.2, 0.25) is 10.0 Å². The lowest BCUT2D eigenvalue weighted by molar-refractivity contribution is 0.568. The predicted octanol–water partition coefficient (Wildman–Crippen LogP) is 2.21. The Kier molecular flexibility index (Phi) is 4.52. The van der Waals surface area contributed by atoms with Crippen LogP contribution in [-0.2, 0) is 20.0 Å². The molecule has 0 radical (unpaired) electrons. The highest BCUT2D eigenvalue weighted by molar-refractivity contribution is 7.92. The summed E-state index contributed by atoms with van der Waals surface area (Å²) in [7, 11) is -7.86. The fourth-order valence-corrected chi connectivity index (χ4v) is 4.49. The van der Waals surface area contributed by atoms with Crippen LogP contribution in [0.5, 0.6) is 0 Å². The van der Waals surface area contributed by atoms with E-state index in [2.05, 4.69) is 9.44 Å². The number of hydrogen-bond donors (Lipinski definition) is 2. The van der Waals surface area contributed by atoms with E-state index in [-0.39, 0.29) is 16.6 Å². The predicted molar refractivity (Wildman–Crippen MR) is 87.0 cm³/mol. The van der Waals surface area contributed by atoms with E-state index in [1.165, 1.54) is 24.3 Å². The third-order valence-corrected chi connectivity index (χ3v) is 6.36. The van der Waals surface area contributed by atoms with E-state index in [4.69, 9.17) is 0 Å². The molecular weight excluding hydrogens is 374 g/mol. The number of benzene rings is 2. The Morgan fingerprint density at radius 2 is 1.36 bits per heavy atom. The normalized spacial score (nSPS) is 15.1. The largest absolute Gasteiger partial charge is 0.280 e. The second-order valence-corrected chi connectivity index (χ2v) is 9.03. The highest BCUT2D eigenvalue weighted by atomic mass is 32.2. The Bertz CT molecular complexity index is 982. The Balaban J connectivity index is 1.80. The minimum Gasteiger partial charge on any atom is -0.280 e. The van der Waals surface area contributed by atoms with Crippen molar-refractivity contribution in [3.63, 3.8) is 0 Å². The zero-order chi connectivity index (χ0) is 18.2. The average molecular weight is 388 g/mol. The maximum Gasteiger partial charge on any atom is 0.262 e. The fraction of sp³-hybridized carbons (Fsp3) is 0.200. The lowest BCUT2D eigenvalue weighted by Crippen LogP contribution is -2.25. The molecule has 0 spiro atoms. The summed E-state index contributed by atoms with van der Waals surface area (Å²) in [5.74, 6) is -2.04. The van der Waals surface area contributed by atoms with Gasteiger partial charge in [0.1, 0.15) is 11.6 Å². The highest BCUT2D eigenvalue weighted by Crippen LogP contribution is 2.23. The summed E-state index contributed by atoms with van der Waals surface area (Å²) in [5.41, 5.74) is 0.0649. The van der Waals surface area contributed by atoms with Gasteiger partial charge in [-0.2, -0.15) is 0 Å². The summed E-state index contributed by atoms with van der Waals surface area (Å²) in [6.45, 7) is 0. The Morgan fingerprint density at radius 3 is 1.88 bits per heavy atom. The highest BCUT2D eigenvalue weighted by Gasteiger charge is 2.28. The van der Waals surface area contributed by atoms with E-state index in [0.717, 1.165) is 12.8 Å². The van der Waals surface area contributed by atoms with Crippen molar-refractivity contribution >= 4 is 25.7 Å². The molecule has 2 aromatic carbocycles. The standard InChI is InChI=1S/C15H14F2N2O4S2/c16-10-7-11(17)9-15(8-10)25(22,23)19-13-3-5-14(6-4-13)24(20,21)18-12-1-2-12/h3-9,12,18-19H,1-2H2. The van der Waals surface area contributed by atoms with Gasteiger partial charge in [0.25, 0.3) is 10.0 Å². The van der Waals surface area contributed by atoms with Crippen LogP contribution >= 0.6 is 0 Å². The van der Waals surface area contributed by atoms with Crippen LogP contribution in [0.1, 0.15) is 12.8 Å². The van der Waals surface area contributed by atoms with Gasteiger partial charge < -0.3 is 0 Å². The second-order valence-electron chi connectivity index (χ2n) is 5.63. The van der Waals surface area contributed by atoms with Crippen molar-refractivity contribution in [3.8, 4) is 0 Å². The molecular formula is C15H14F2N2O4S2. The smallest absolute Gasteiger partial charge is 0.262 e. The van der Waals surface area contributed by atoms with E-state index in [9.17, 15) is 25.6 Å². The third kappa shape index (κ3) is 4.33. The van der Waals surface area contributed by atoms with E-state index in [0.29, 0.717) is 18.2 Å². The molecule has 0 heterocycles. The number of halogens is 2. The van der Waals surface area contributed by atoms with Gasteiger partial charge in [-0.3, -0.25) is 4.72 Å². The molecule has 0 saturated heterocycles. The van der Waals surface area contributed by atoms with E-state index in [1.54, 1.807) is 0 Å². The van der Waals surface area contributed by atoms with Gasteiger partial charge >= 0.3 is 0 Å². The van der Waals surface area contributed by atoms with Crippen molar-refractivity contribution in [2.75, 3.05) is 4.72 Å². The Morgan fingerprint density at radius 1 is 0.800 bits per heavy atom. The quantitative estimate of drug-likeness (QED) is 0.794. The number of sulfonamides is 2. The van der Waals surface area contributed by atoms with Gasteiger partial charge in [-0.15, -0.1) is 0 Å². The molecule has 2 aromatic rings. The molecule has 1 aliphatic rings. The molecule has 0 aliphatic heterocycles. The van der Waals surface area contributed by atoms with Crippen LogP contribution in [-0.4, -0.2) is 22.9 Å². The van der Waals surface area contributed by atoms with Crippen molar-refractivity contribution in [3.05, 3.63) is 54.1 Å². The van der Waals surface area contributed by atoms with Crippen LogP contribution in [0.25, 0.3) is 0 Å². The van der Waals surface area contributed by atoms with Gasteiger partial charge in [-0.25, -0.2) is 30.3 Å². The summed E-state index contributed by atoms with van der Waals surface area (Å²) < 4.78 is 79.4. The fourth-order valence-electron chi connectivity index (χ4n) is 2.09. The minimum absolute atomic E-state index is 0.000789. The summed E-state index contributed by atoms with van der Waals surface area (Å²) in [4.78, 5) is -0.573. The summed E-state index contributed by atoms with van der Waals surface area (Å²) in [6.07, 6.45) is 1.59. The summed E-state index contributed by atoms with van der Waals surface area (Å²) in [6, 6.07) is 6.89. The van der Waals surface area contributed by atoms with Crippen molar-refractivity contribution in [2.45, 2.75) is 28.7 Å². The first-order valence-corrected chi connectivity index (χ1v) is 10.2. The second kappa shape index (κ2) is 6.36. The molecule has 2 N–H and O–H groups in total. The van der Waals surface area contributed by atoms with Gasteiger partial charge in [0, 0.05) is 17.8 Å². The number of nitrogens with one attached hydrogen (secondary N) is 2. The zero-order valence-corrected chi connectivity index (χ0v) is 14.4. The van der Waals surface area contributed by atoms with Crippen LogP contribution in [0.4, 0.5) is 14.5 Å². The van der Waals surface area contributed by atoms with E-state index < -0.39 is 36.6 Å². The lowest BCUT2D eigenvalue weighted by atomic mass is 10.3. The molecule has 10 heteroatoms. The number of rotatable bonds is 6. The molecule has 1 fully saturated rings. The Hall–Kier alpha value is -2.04.